The highest BCUT2D eigenvalue weighted by atomic mass is 32.1. The number of fused-ring (bicyclic) bond motifs is 1. The van der Waals surface area contributed by atoms with Crippen LogP contribution in [0.5, 0.6) is 0 Å². The average molecular weight is 299 g/mol. The molecular weight excluding hydrogens is 286 g/mol. The van der Waals surface area contributed by atoms with Crippen molar-refractivity contribution < 1.29 is 9.90 Å². The lowest BCUT2D eigenvalue weighted by atomic mass is 10.1. The Bertz CT molecular complexity index is 761. The molecule has 0 saturated heterocycles. The molecular formula is C15H13N3O2S. The summed E-state index contributed by atoms with van der Waals surface area (Å²) in [7, 11) is 0. The molecule has 5 nitrogen and oxygen atoms in total. The molecule has 0 amide bonds. The second-order valence-electron chi connectivity index (χ2n) is 5.02. The summed E-state index contributed by atoms with van der Waals surface area (Å²) in [5.74, 6) is -1.30. The van der Waals surface area contributed by atoms with Gasteiger partial charge in [-0.05, 0) is 37.5 Å². The largest absolute Gasteiger partial charge is 0.481 e. The summed E-state index contributed by atoms with van der Waals surface area (Å²) in [6, 6.07) is 7.52. The number of rotatable bonds is 3. The van der Waals surface area contributed by atoms with Crippen LogP contribution in [0, 0.1) is 18.3 Å². The van der Waals surface area contributed by atoms with Crippen LogP contribution in [-0.4, -0.2) is 16.1 Å². The third-order valence-corrected chi connectivity index (χ3v) is 4.67. The van der Waals surface area contributed by atoms with E-state index in [1.165, 1.54) is 11.3 Å². The number of carbonyl (C=O) groups is 1. The first kappa shape index (κ1) is 13.6. The number of nitrogens with zero attached hydrogens (tertiary/aromatic N) is 2. The molecule has 0 fully saturated rings. The molecule has 6 heteroatoms. The highest BCUT2D eigenvalue weighted by molar-refractivity contribution is 7.15. The monoisotopic (exact) mass is 299 g/mol. The van der Waals surface area contributed by atoms with Crippen LogP contribution in [0.2, 0.25) is 0 Å². The van der Waals surface area contributed by atoms with Crippen LogP contribution in [0.3, 0.4) is 0 Å². The molecule has 0 bridgehead atoms. The van der Waals surface area contributed by atoms with Gasteiger partial charge < -0.3 is 10.4 Å². The number of hydrogen-bond acceptors (Lipinski definition) is 5. The summed E-state index contributed by atoms with van der Waals surface area (Å²) < 4.78 is 0. The molecule has 0 saturated carbocycles. The van der Waals surface area contributed by atoms with E-state index in [0.717, 1.165) is 22.5 Å². The van der Waals surface area contributed by atoms with Gasteiger partial charge in [-0.25, -0.2) is 4.98 Å². The number of carboxylic acid groups (broad SMARTS) is 1. The van der Waals surface area contributed by atoms with Crippen molar-refractivity contribution in [3.05, 3.63) is 39.9 Å². The predicted octanol–water partition coefficient (Wildman–Crippen LogP) is 3.18. The fourth-order valence-corrected chi connectivity index (χ4v) is 3.51. The number of nitrogens with one attached hydrogen (secondary N) is 1. The Balaban J connectivity index is 1.89. The Hall–Kier alpha value is -2.39. The summed E-state index contributed by atoms with van der Waals surface area (Å²) in [6.07, 6.45) is 1.40. The van der Waals surface area contributed by atoms with E-state index in [4.69, 9.17) is 5.26 Å². The summed E-state index contributed by atoms with van der Waals surface area (Å²) >= 11 is 1.49. The zero-order valence-corrected chi connectivity index (χ0v) is 12.2. The fourth-order valence-electron chi connectivity index (χ4n) is 2.46. The molecule has 1 aromatic carbocycles. The van der Waals surface area contributed by atoms with Gasteiger partial charge in [0.25, 0.3) is 0 Å². The van der Waals surface area contributed by atoms with E-state index in [0.29, 0.717) is 22.8 Å². The second-order valence-corrected chi connectivity index (χ2v) is 6.11. The van der Waals surface area contributed by atoms with Crippen molar-refractivity contribution in [2.24, 2.45) is 0 Å². The smallest absolute Gasteiger partial charge is 0.312 e. The van der Waals surface area contributed by atoms with E-state index >= 15 is 0 Å². The van der Waals surface area contributed by atoms with Gasteiger partial charge in [0, 0.05) is 10.6 Å². The topological polar surface area (TPSA) is 86.0 Å². The van der Waals surface area contributed by atoms with E-state index in [2.05, 4.69) is 16.4 Å². The van der Waals surface area contributed by atoms with Gasteiger partial charge in [-0.2, -0.15) is 5.26 Å². The minimum absolute atomic E-state index is 0.488. The van der Waals surface area contributed by atoms with Gasteiger partial charge in [0.2, 0.25) is 0 Å². The Morgan fingerprint density at radius 3 is 3.10 bits per heavy atom. The van der Waals surface area contributed by atoms with Crippen LogP contribution < -0.4 is 5.32 Å². The van der Waals surface area contributed by atoms with Crippen molar-refractivity contribution in [3.8, 4) is 6.07 Å². The van der Waals surface area contributed by atoms with Crippen molar-refractivity contribution >= 4 is 28.1 Å². The van der Waals surface area contributed by atoms with Crippen LogP contribution in [0.25, 0.3) is 0 Å². The van der Waals surface area contributed by atoms with Gasteiger partial charge in [-0.15, -0.1) is 11.3 Å². The maximum absolute atomic E-state index is 11.2. The van der Waals surface area contributed by atoms with Crippen molar-refractivity contribution in [1.82, 2.24) is 4.98 Å². The van der Waals surface area contributed by atoms with Crippen LogP contribution in [-0.2, 0) is 11.2 Å². The summed E-state index contributed by atoms with van der Waals surface area (Å²) in [4.78, 5) is 16.6. The Morgan fingerprint density at radius 2 is 2.38 bits per heavy atom. The number of aromatic nitrogens is 1. The Kier molecular flexibility index (Phi) is 3.35. The molecule has 0 spiro atoms. The maximum atomic E-state index is 11.2. The number of anilines is 2. The molecule has 2 N–H and O–H groups in total. The average Bonchev–Trinajstić information content (AvgIpc) is 3.00. The van der Waals surface area contributed by atoms with E-state index in [-0.39, 0.29) is 0 Å². The van der Waals surface area contributed by atoms with Gasteiger partial charge in [0.1, 0.15) is 5.92 Å². The lowest BCUT2D eigenvalue weighted by molar-refractivity contribution is -0.138. The van der Waals surface area contributed by atoms with Gasteiger partial charge in [-0.1, -0.05) is 6.07 Å². The van der Waals surface area contributed by atoms with Crippen molar-refractivity contribution in [3.63, 3.8) is 0 Å². The Labute approximate surface area is 125 Å². The third-order valence-electron chi connectivity index (χ3n) is 3.62. The van der Waals surface area contributed by atoms with Crippen molar-refractivity contribution in [2.75, 3.05) is 5.32 Å². The van der Waals surface area contributed by atoms with E-state index in [9.17, 15) is 9.90 Å². The van der Waals surface area contributed by atoms with Crippen molar-refractivity contribution in [1.29, 1.82) is 5.26 Å². The molecule has 106 valence electrons. The standard InChI is InChI=1S/C15H13N3O2S/c1-8-2-3-9(7-16)6-11(8)17-15-18-13-10(14(19)20)4-5-12(13)21-15/h2-3,6,10H,4-5H2,1H3,(H,17,18)(H,19,20). The zero-order chi connectivity index (χ0) is 15.0. The molecule has 1 heterocycles. The highest BCUT2D eigenvalue weighted by Gasteiger charge is 2.32. The minimum atomic E-state index is -0.812. The van der Waals surface area contributed by atoms with Gasteiger partial charge in [0.05, 0.1) is 17.3 Å². The number of benzene rings is 1. The number of thiazole rings is 1. The first-order valence-electron chi connectivity index (χ1n) is 6.58. The van der Waals surface area contributed by atoms with E-state index in [1.807, 2.05) is 13.0 Å². The lowest BCUT2D eigenvalue weighted by Crippen LogP contribution is -2.08. The molecule has 1 aromatic heterocycles. The van der Waals surface area contributed by atoms with Gasteiger partial charge in [-0.3, -0.25) is 4.79 Å². The zero-order valence-electron chi connectivity index (χ0n) is 11.4. The number of aliphatic carboxylic acids is 1. The summed E-state index contributed by atoms with van der Waals surface area (Å²) in [5.41, 5.74) is 3.10. The fraction of sp³-hybridized carbons (Fsp3) is 0.267. The normalized spacial score (nSPS) is 16.3. The molecule has 21 heavy (non-hydrogen) atoms. The molecule has 0 aliphatic heterocycles. The van der Waals surface area contributed by atoms with E-state index < -0.39 is 11.9 Å². The number of hydrogen-bond donors (Lipinski definition) is 2. The second kappa shape index (κ2) is 5.19. The van der Waals surface area contributed by atoms with E-state index in [1.54, 1.807) is 12.1 Å². The number of aryl methyl sites for hydroxylation is 2. The summed E-state index contributed by atoms with van der Waals surface area (Å²) in [6.45, 7) is 1.95. The molecule has 2 aromatic rings. The number of nitriles is 1. The quantitative estimate of drug-likeness (QED) is 0.909. The molecule has 1 atom stereocenters. The molecule has 1 unspecified atom stereocenters. The molecule has 1 aliphatic rings. The third kappa shape index (κ3) is 2.48. The first-order valence-corrected chi connectivity index (χ1v) is 7.40. The lowest BCUT2D eigenvalue weighted by Gasteiger charge is -2.07. The molecule has 0 radical (unpaired) electrons. The number of carboxylic acids is 1. The predicted molar refractivity (Wildman–Crippen MR) is 80.0 cm³/mol. The van der Waals surface area contributed by atoms with Crippen LogP contribution in [0.4, 0.5) is 10.8 Å². The van der Waals surface area contributed by atoms with Gasteiger partial charge in [0.15, 0.2) is 5.13 Å². The highest BCUT2D eigenvalue weighted by Crippen LogP contribution is 2.39. The van der Waals surface area contributed by atoms with Gasteiger partial charge >= 0.3 is 5.97 Å². The minimum Gasteiger partial charge on any atom is -0.481 e. The summed E-state index contributed by atoms with van der Waals surface area (Å²) in [5, 5.41) is 22.0. The van der Waals surface area contributed by atoms with Crippen LogP contribution in [0.15, 0.2) is 18.2 Å². The Morgan fingerprint density at radius 1 is 1.57 bits per heavy atom. The maximum Gasteiger partial charge on any atom is 0.312 e. The van der Waals surface area contributed by atoms with Crippen LogP contribution >= 0.6 is 11.3 Å². The molecule has 1 aliphatic carbocycles. The first-order chi connectivity index (χ1) is 10.1. The SMILES string of the molecule is Cc1ccc(C#N)cc1Nc1nc2c(s1)CCC2C(=O)O. The molecule has 3 rings (SSSR count). The van der Waals surface area contributed by atoms with Crippen LogP contribution in [0.1, 0.15) is 34.0 Å². The van der Waals surface area contributed by atoms with Crippen molar-refractivity contribution in [2.45, 2.75) is 25.7 Å².